The molecule has 2 heterocycles. The molecular formula is C30H29F4N3O3Si. The van der Waals surface area contributed by atoms with Crippen molar-refractivity contribution in [1.82, 2.24) is 10.1 Å². The summed E-state index contributed by atoms with van der Waals surface area (Å²) in [5, 5.41) is 5.20. The predicted octanol–water partition coefficient (Wildman–Crippen LogP) is 5.97. The average molecular weight is 584 g/mol. The van der Waals surface area contributed by atoms with E-state index in [9.17, 15) is 18.0 Å². The van der Waals surface area contributed by atoms with Gasteiger partial charge in [-0.2, -0.15) is 18.2 Å². The topological polar surface area (TPSA) is 68.5 Å². The number of hydrogen-bond acceptors (Lipinski definition) is 5. The highest BCUT2D eigenvalue weighted by atomic mass is 28.4. The second-order valence-corrected chi connectivity index (χ2v) is 15.3. The third-order valence-corrected chi connectivity index (χ3v) is 12.4. The van der Waals surface area contributed by atoms with Crippen molar-refractivity contribution >= 4 is 30.3 Å². The Balaban J connectivity index is 1.46. The number of anilines is 1. The molecule has 0 bridgehead atoms. The summed E-state index contributed by atoms with van der Waals surface area (Å²) >= 11 is 0. The molecule has 0 unspecified atom stereocenters. The SMILES string of the molecule is CC(C)(C)[Si](OC[C@@H]1CCC(=O)N1c1ccc(-c2noc(C(F)(F)F)n2)c(F)c1)(c1ccccc1)c1ccccc1. The van der Waals surface area contributed by atoms with Crippen molar-refractivity contribution in [3.63, 3.8) is 0 Å². The zero-order valence-electron chi connectivity index (χ0n) is 22.8. The number of carbonyl (C=O) groups is 1. The van der Waals surface area contributed by atoms with E-state index in [4.69, 9.17) is 4.43 Å². The van der Waals surface area contributed by atoms with Crippen LogP contribution < -0.4 is 15.3 Å². The van der Waals surface area contributed by atoms with Gasteiger partial charge >= 0.3 is 12.1 Å². The van der Waals surface area contributed by atoms with Crippen LogP contribution in [0.3, 0.4) is 0 Å². The summed E-state index contributed by atoms with van der Waals surface area (Å²) in [4.78, 5) is 17.8. The third kappa shape index (κ3) is 5.43. The van der Waals surface area contributed by atoms with Gasteiger partial charge in [0.15, 0.2) is 0 Å². The lowest BCUT2D eigenvalue weighted by molar-refractivity contribution is -0.159. The highest BCUT2D eigenvalue weighted by Crippen LogP contribution is 2.38. The highest BCUT2D eigenvalue weighted by Gasteiger charge is 2.51. The first kappa shape index (κ1) is 28.7. The molecule has 0 aliphatic carbocycles. The monoisotopic (exact) mass is 583 g/mol. The zero-order valence-corrected chi connectivity index (χ0v) is 23.8. The maximum atomic E-state index is 15.2. The fourth-order valence-electron chi connectivity index (χ4n) is 5.52. The van der Waals surface area contributed by atoms with Gasteiger partial charge in [0.1, 0.15) is 5.82 Å². The molecule has 214 valence electrons. The smallest absolute Gasteiger partial charge is 0.405 e. The molecule has 4 aromatic rings. The van der Waals surface area contributed by atoms with Crippen molar-refractivity contribution in [2.45, 2.75) is 50.9 Å². The maximum absolute atomic E-state index is 15.2. The molecule has 1 aliphatic heterocycles. The molecule has 1 fully saturated rings. The number of hydrogen-bond donors (Lipinski definition) is 0. The van der Waals surface area contributed by atoms with Gasteiger partial charge in [-0.15, -0.1) is 0 Å². The van der Waals surface area contributed by atoms with Crippen LogP contribution in [-0.2, 0) is 15.4 Å². The second-order valence-electron chi connectivity index (χ2n) is 11.0. The summed E-state index contributed by atoms with van der Waals surface area (Å²) in [6, 6.07) is 23.7. The number of amides is 1. The van der Waals surface area contributed by atoms with Crippen LogP contribution in [0.25, 0.3) is 11.4 Å². The lowest BCUT2D eigenvalue weighted by atomic mass is 10.1. The van der Waals surface area contributed by atoms with E-state index < -0.39 is 32.0 Å². The van der Waals surface area contributed by atoms with Gasteiger partial charge in [-0.1, -0.05) is 86.6 Å². The summed E-state index contributed by atoms with van der Waals surface area (Å²) in [7, 11) is -2.88. The van der Waals surface area contributed by atoms with Crippen molar-refractivity contribution in [2.75, 3.05) is 11.5 Å². The lowest BCUT2D eigenvalue weighted by Crippen LogP contribution is -2.67. The average Bonchev–Trinajstić information content (AvgIpc) is 3.57. The molecule has 3 aromatic carbocycles. The maximum Gasteiger partial charge on any atom is 0.471 e. The first-order chi connectivity index (χ1) is 19.4. The summed E-state index contributed by atoms with van der Waals surface area (Å²) in [6.45, 7) is 6.70. The number of alkyl halides is 3. The Morgan fingerprint density at radius 1 is 0.976 bits per heavy atom. The van der Waals surface area contributed by atoms with Crippen LogP contribution in [0.5, 0.6) is 0 Å². The Hall–Kier alpha value is -3.83. The summed E-state index contributed by atoms with van der Waals surface area (Å²) in [5.74, 6) is -3.15. The first-order valence-corrected chi connectivity index (χ1v) is 15.1. The van der Waals surface area contributed by atoms with E-state index in [0.29, 0.717) is 6.42 Å². The number of aromatic nitrogens is 2. The van der Waals surface area contributed by atoms with Gasteiger partial charge in [0.25, 0.3) is 8.32 Å². The van der Waals surface area contributed by atoms with Crippen molar-refractivity contribution in [3.05, 3.63) is 90.6 Å². The summed E-state index contributed by atoms with van der Waals surface area (Å²) < 4.78 is 65.0. The minimum atomic E-state index is -4.85. The van der Waals surface area contributed by atoms with E-state index in [-0.39, 0.29) is 41.3 Å². The largest absolute Gasteiger partial charge is 0.471 e. The van der Waals surface area contributed by atoms with Crippen LogP contribution in [0.2, 0.25) is 5.04 Å². The number of carbonyl (C=O) groups excluding carboxylic acids is 1. The third-order valence-electron chi connectivity index (χ3n) is 7.37. The molecule has 1 aliphatic rings. The highest BCUT2D eigenvalue weighted by molar-refractivity contribution is 6.99. The molecule has 6 nitrogen and oxygen atoms in total. The van der Waals surface area contributed by atoms with Crippen molar-refractivity contribution in [1.29, 1.82) is 0 Å². The van der Waals surface area contributed by atoms with Crippen LogP contribution in [0.4, 0.5) is 23.2 Å². The Labute approximate surface area is 236 Å². The van der Waals surface area contributed by atoms with E-state index in [1.54, 1.807) is 0 Å². The molecule has 0 radical (unpaired) electrons. The number of rotatable bonds is 7. The molecule has 1 aromatic heterocycles. The molecule has 1 atom stereocenters. The zero-order chi connectivity index (χ0) is 29.4. The second kappa shape index (κ2) is 10.9. The quantitative estimate of drug-likeness (QED) is 0.198. The van der Waals surface area contributed by atoms with Gasteiger partial charge in [-0.05, 0) is 40.0 Å². The standard InChI is InChI=1S/C30H29F4N3O3Si/c1-29(2,3)41(22-10-6-4-7-11-22,23-12-8-5-9-13-23)39-19-21-15-17-26(38)37(21)20-14-16-24(25(31)18-20)27-35-28(40-36-27)30(32,33)34/h4-14,16,18,21H,15,17,19H2,1-3H3/t21-/m0/s1. The van der Waals surface area contributed by atoms with Gasteiger partial charge in [-0.25, -0.2) is 4.39 Å². The Morgan fingerprint density at radius 3 is 2.10 bits per heavy atom. The number of benzene rings is 3. The fourth-order valence-corrected chi connectivity index (χ4v) is 10.1. The molecular weight excluding hydrogens is 554 g/mol. The van der Waals surface area contributed by atoms with Crippen molar-refractivity contribution in [2.24, 2.45) is 0 Å². The van der Waals surface area contributed by atoms with Gasteiger partial charge < -0.3 is 13.8 Å². The van der Waals surface area contributed by atoms with Crippen LogP contribution >= 0.6 is 0 Å². The molecule has 1 saturated heterocycles. The van der Waals surface area contributed by atoms with Gasteiger partial charge in [-0.3, -0.25) is 4.79 Å². The summed E-state index contributed by atoms with van der Waals surface area (Å²) in [5.41, 5.74) is 0.0177. The van der Waals surface area contributed by atoms with Crippen LogP contribution in [0.1, 0.15) is 39.5 Å². The Bertz CT molecular complexity index is 1480. The van der Waals surface area contributed by atoms with Crippen LogP contribution in [-0.4, -0.2) is 37.0 Å². The molecule has 41 heavy (non-hydrogen) atoms. The van der Waals surface area contributed by atoms with E-state index in [1.165, 1.54) is 17.0 Å². The molecule has 0 N–H and O–H groups in total. The van der Waals surface area contributed by atoms with Crippen LogP contribution in [0.15, 0.2) is 83.4 Å². The van der Waals surface area contributed by atoms with E-state index in [2.05, 4.69) is 59.7 Å². The molecule has 1 amide bonds. The summed E-state index contributed by atoms with van der Waals surface area (Å²) in [6.07, 6.45) is -4.07. The van der Waals surface area contributed by atoms with Gasteiger partial charge in [0, 0.05) is 12.1 Å². The Kier molecular flexibility index (Phi) is 7.60. The Morgan fingerprint density at radius 2 is 1.59 bits per heavy atom. The molecule has 0 spiro atoms. The normalized spacial score (nSPS) is 16.4. The molecule has 11 heteroatoms. The van der Waals surface area contributed by atoms with Crippen molar-refractivity contribution < 1.29 is 31.3 Å². The van der Waals surface area contributed by atoms with E-state index in [1.807, 2.05) is 36.4 Å². The minimum absolute atomic E-state index is 0.188. The van der Waals surface area contributed by atoms with Gasteiger partial charge in [0.05, 0.1) is 18.2 Å². The van der Waals surface area contributed by atoms with E-state index in [0.717, 1.165) is 16.4 Å². The fraction of sp³-hybridized carbons (Fsp3) is 0.300. The minimum Gasteiger partial charge on any atom is -0.405 e. The van der Waals surface area contributed by atoms with Crippen LogP contribution in [0, 0.1) is 5.82 Å². The van der Waals surface area contributed by atoms with Crippen molar-refractivity contribution in [3.8, 4) is 11.4 Å². The number of nitrogens with zero attached hydrogens (tertiary/aromatic N) is 3. The van der Waals surface area contributed by atoms with Gasteiger partial charge in [0.2, 0.25) is 11.7 Å². The predicted molar refractivity (Wildman–Crippen MR) is 149 cm³/mol. The lowest BCUT2D eigenvalue weighted by Gasteiger charge is -2.44. The van der Waals surface area contributed by atoms with E-state index >= 15 is 4.39 Å². The molecule has 0 saturated carbocycles. The first-order valence-electron chi connectivity index (χ1n) is 13.2. The molecule has 5 rings (SSSR count). The number of halogens is 4.